The first kappa shape index (κ1) is 18.5. The highest BCUT2D eigenvalue weighted by molar-refractivity contribution is 5.94. The van der Waals surface area contributed by atoms with Crippen LogP contribution < -0.4 is 14.8 Å². The summed E-state index contributed by atoms with van der Waals surface area (Å²) in [5, 5.41) is 2.91. The molecule has 0 atom stereocenters. The van der Waals surface area contributed by atoms with Gasteiger partial charge in [0.15, 0.2) is 0 Å². The summed E-state index contributed by atoms with van der Waals surface area (Å²) in [4.78, 5) is 12.2. The average Bonchev–Trinajstić information content (AvgIpc) is 2.72. The highest BCUT2D eigenvalue weighted by Crippen LogP contribution is 2.14. The first-order valence-corrected chi connectivity index (χ1v) is 8.95. The van der Waals surface area contributed by atoms with Crippen LogP contribution in [0.3, 0.4) is 0 Å². The van der Waals surface area contributed by atoms with E-state index in [2.05, 4.69) is 5.32 Å². The van der Waals surface area contributed by atoms with Gasteiger partial charge in [-0.25, -0.2) is 0 Å². The van der Waals surface area contributed by atoms with Gasteiger partial charge >= 0.3 is 0 Å². The van der Waals surface area contributed by atoms with Crippen molar-refractivity contribution in [2.75, 3.05) is 13.2 Å². The van der Waals surface area contributed by atoms with E-state index in [1.54, 1.807) is 24.3 Å². The van der Waals surface area contributed by atoms with Gasteiger partial charge in [-0.15, -0.1) is 0 Å². The topological polar surface area (TPSA) is 47.6 Å². The van der Waals surface area contributed by atoms with Crippen LogP contribution in [0.4, 0.5) is 0 Å². The predicted molar refractivity (Wildman–Crippen MR) is 106 cm³/mol. The van der Waals surface area contributed by atoms with Crippen LogP contribution in [-0.4, -0.2) is 19.1 Å². The third kappa shape index (κ3) is 5.89. The van der Waals surface area contributed by atoms with Gasteiger partial charge in [0.05, 0.1) is 0 Å². The van der Waals surface area contributed by atoms with Crippen LogP contribution >= 0.6 is 0 Å². The number of hydrogen-bond donors (Lipinski definition) is 1. The van der Waals surface area contributed by atoms with Gasteiger partial charge in [0.1, 0.15) is 24.7 Å². The second-order valence-corrected chi connectivity index (χ2v) is 6.20. The molecule has 3 rings (SSSR count). The predicted octanol–water partition coefficient (Wildman–Crippen LogP) is 4.38. The van der Waals surface area contributed by atoms with Gasteiger partial charge in [-0.3, -0.25) is 4.79 Å². The Labute approximate surface area is 159 Å². The van der Waals surface area contributed by atoms with E-state index in [4.69, 9.17) is 9.47 Å². The molecule has 0 saturated carbocycles. The molecule has 4 heteroatoms. The number of rotatable bonds is 8. The highest BCUT2D eigenvalue weighted by Gasteiger charge is 2.05. The zero-order chi connectivity index (χ0) is 18.9. The van der Waals surface area contributed by atoms with Crippen molar-refractivity contribution >= 4 is 5.91 Å². The third-order valence-electron chi connectivity index (χ3n) is 4.05. The fourth-order valence-corrected chi connectivity index (χ4v) is 2.54. The molecule has 0 heterocycles. The van der Waals surface area contributed by atoms with Crippen molar-refractivity contribution in [3.8, 4) is 11.5 Å². The molecule has 1 N–H and O–H groups in total. The maximum Gasteiger partial charge on any atom is 0.251 e. The lowest BCUT2D eigenvalue weighted by atomic mass is 10.2. The van der Waals surface area contributed by atoms with Crippen molar-refractivity contribution in [2.24, 2.45) is 0 Å². The lowest BCUT2D eigenvalue weighted by Gasteiger charge is -2.09. The normalized spacial score (nSPS) is 10.3. The van der Waals surface area contributed by atoms with Crippen LogP contribution in [-0.2, 0) is 6.54 Å². The van der Waals surface area contributed by atoms with Crippen molar-refractivity contribution in [3.05, 3.63) is 95.6 Å². The quantitative estimate of drug-likeness (QED) is 0.606. The zero-order valence-corrected chi connectivity index (χ0v) is 15.4. The molecule has 0 aliphatic rings. The second-order valence-electron chi connectivity index (χ2n) is 6.20. The number of ether oxygens (including phenoxy) is 2. The van der Waals surface area contributed by atoms with Gasteiger partial charge in [-0.1, -0.05) is 48.0 Å². The summed E-state index contributed by atoms with van der Waals surface area (Å²) in [5.74, 6) is 1.44. The molecule has 138 valence electrons. The minimum atomic E-state index is -0.104. The molecule has 0 unspecified atom stereocenters. The van der Waals surface area contributed by atoms with Gasteiger partial charge < -0.3 is 14.8 Å². The molecule has 3 aromatic carbocycles. The lowest BCUT2D eigenvalue weighted by Crippen LogP contribution is -2.22. The van der Waals surface area contributed by atoms with Gasteiger partial charge in [-0.05, 0) is 48.9 Å². The van der Waals surface area contributed by atoms with Crippen molar-refractivity contribution < 1.29 is 14.3 Å². The van der Waals surface area contributed by atoms with Crippen LogP contribution in [0.1, 0.15) is 21.5 Å². The summed E-state index contributed by atoms with van der Waals surface area (Å²) >= 11 is 0. The Hall–Kier alpha value is -3.27. The molecule has 0 radical (unpaired) electrons. The van der Waals surface area contributed by atoms with Gasteiger partial charge in [0.2, 0.25) is 0 Å². The summed E-state index contributed by atoms with van der Waals surface area (Å²) in [7, 11) is 0. The molecule has 0 spiro atoms. The summed E-state index contributed by atoms with van der Waals surface area (Å²) in [5.41, 5.74) is 2.88. The van der Waals surface area contributed by atoms with E-state index >= 15 is 0 Å². The molecule has 0 aromatic heterocycles. The molecule has 0 saturated heterocycles. The van der Waals surface area contributed by atoms with E-state index in [1.165, 1.54) is 5.56 Å². The molecule has 1 amide bonds. The molecule has 4 nitrogen and oxygen atoms in total. The van der Waals surface area contributed by atoms with Gasteiger partial charge in [0.25, 0.3) is 5.91 Å². The van der Waals surface area contributed by atoms with E-state index in [-0.39, 0.29) is 5.91 Å². The summed E-state index contributed by atoms with van der Waals surface area (Å²) < 4.78 is 11.3. The molecule has 0 fully saturated rings. The number of amides is 1. The summed E-state index contributed by atoms with van der Waals surface area (Å²) in [6.07, 6.45) is 0. The first-order chi connectivity index (χ1) is 13.2. The molecule has 27 heavy (non-hydrogen) atoms. The maximum atomic E-state index is 12.2. The van der Waals surface area contributed by atoms with Crippen LogP contribution in [0.25, 0.3) is 0 Å². The van der Waals surface area contributed by atoms with E-state index < -0.39 is 0 Å². The van der Waals surface area contributed by atoms with Gasteiger partial charge in [-0.2, -0.15) is 0 Å². The molecular formula is C23H23NO3. The number of benzene rings is 3. The van der Waals surface area contributed by atoms with Gasteiger partial charge in [0, 0.05) is 12.1 Å². The monoisotopic (exact) mass is 361 g/mol. The Balaban J connectivity index is 1.41. The van der Waals surface area contributed by atoms with Crippen LogP contribution in [0.15, 0.2) is 78.9 Å². The van der Waals surface area contributed by atoms with Crippen molar-refractivity contribution in [3.63, 3.8) is 0 Å². The minimum Gasteiger partial charge on any atom is -0.490 e. The number of nitrogens with one attached hydrogen (secondary N) is 1. The molecule has 0 aliphatic carbocycles. The number of hydrogen-bond acceptors (Lipinski definition) is 3. The van der Waals surface area contributed by atoms with E-state index in [1.807, 2.05) is 61.5 Å². The Morgan fingerprint density at radius 1 is 0.778 bits per heavy atom. The second kappa shape index (κ2) is 9.43. The molecule has 0 aliphatic heterocycles. The average molecular weight is 361 g/mol. The van der Waals surface area contributed by atoms with Crippen molar-refractivity contribution in [1.29, 1.82) is 0 Å². The number of carbonyl (C=O) groups excluding carboxylic acids is 1. The number of carbonyl (C=O) groups is 1. The van der Waals surface area contributed by atoms with E-state index in [0.29, 0.717) is 31.1 Å². The zero-order valence-electron chi connectivity index (χ0n) is 15.4. The minimum absolute atomic E-state index is 0.104. The largest absolute Gasteiger partial charge is 0.490 e. The SMILES string of the molecule is Cc1ccc(OCCOc2ccc(C(=O)NCc3ccccc3)cc2)cc1. The first-order valence-electron chi connectivity index (χ1n) is 8.95. The Kier molecular flexibility index (Phi) is 6.47. The molecule has 3 aromatic rings. The highest BCUT2D eigenvalue weighted by atomic mass is 16.5. The Morgan fingerprint density at radius 2 is 1.33 bits per heavy atom. The Bertz CT molecular complexity index is 843. The van der Waals surface area contributed by atoms with Crippen molar-refractivity contribution in [1.82, 2.24) is 5.32 Å². The number of aryl methyl sites for hydroxylation is 1. The van der Waals surface area contributed by atoms with Crippen LogP contribution in [0, 0.1) is 6.92 Å². The standard InChI is InChI=1S/C23H23NO3/c1-18-7-11-21(12-8-18)26-15-16-27-22-13-9-20(10-14-22)23(25)24-17-19-5-3-2-4-6-19/h2-14H,15-17H2,1H3,(H,24,25). The Morgan fingerprint density at radius 3 is 1.93 bits per heavy atom. The molecular weight excluding hydrogens is 338 g/mol. The smallest absolute Gasteiger partial charge is 0.251 e. The summed E-state index contributed by atoms with van der Waals surface area (Å²) in [6, 6.07) is 24.8. The van der Waals surface area contributed by atoms with Crippen molar-refractivity contribution in [2.45, 2.75) is 13.5 Å². The third-order valence-corrected chi connectivity index (χ3v) is 4.05. The fraction of sp³-hybridized carbons (Fsp3) is 0.174. The summed E-state index contributed by atoms with van der Waals surface area (Å²) in [6.45, 7) is 3.45. The molecule has 0 bridgehead atoms. The van der Waals surface area contributed by atoms with Crippen LogP contribution in [0.2, 0.25) is 0 Å². The lowest BCUT2D eigenvalue weighted by molar-refractivity contribution is 0.0951. The maximum absolute atomic E-state index is 12.2. The van der Waals surface area contributed by atoms with E-state index in [9.17, 15) is 4.79 Å². The fourth-order valence-electron chi connectivity index (χ4n) is 2.54. The van der Waals surface area contributed by atoms with E-state index in [0.717, 1.165) is 11.3 Å². The van der Waals surface area contributed by atoms with Crippen LogP contribution in [0.5, 0.6) is 11.5 Å².